The number of furan rings is 1. The second kappa shape index (κ2) is 8.66. The van der Waals surface area contributed by atoms with Crippen molar-refractivity contribution >= 4 is 0 Å². The molecule has 6 heteroatoms. The molecule has 3 rings (SSSR count). The molecule has 1 aromatic carbocycles. The van der Waals surface area contributed by atoms with E-state index in [1.54, 1.807) is 12.1 Å². The van der Waals surface area contributed by atoms with Gasteiger partial charge in [0.25, 0.3) is 0 Å². The third kappa shape index (κ3) is 4.63. The number of methoxy groups -OCH3 is 1. The van der Waals surface area contributed by atoms with Gasteiger partial charge in [0.15, 0.2) is 0 Å². The molecule has 1 aliphatic heterocycles. The van der Waals surface area contributed by atoms with Crippen LogP contribution >= 0.6 is 0 Å². The van der Waals surface area contributed by atoms with E-state index >= 15 is 0 Å². The first kappa shape index (κ1) is 18.9. The largest absolute Gasteiger partial charge is 0.497 e. The molecular formula is C20H27FN2O3. The molecule has 142 valence electrons. The zero-order valence-electron chi connectivity index (χ0n) is 15.4. The normalized spacial score (nSPS) is 19.0. The molecule has 0 unspecified atom stereocenters. The van der Waals surface area contributed by atoms with Gasteiger partial charge in [-0.05, 0) is 31.5 Å². The van der Waals surface area contributed by atoms with Gasteiger partial charge in [-0.2, -0.15) is 0 Å². The molecule has 0 bridgehead atoms. The summed E-state index contributed by atoms with van der Waals surface area (Å²) in [4.78, 5) is 4.59. The molecule has 0 amide bonds. The highest BCUT2D eigenvalue weighted by Gasteiger charge is 2.27. The van der Waals surface area contributed by atoms with Crippen LogP contribution in [-0.2, 0) is 13.1 Å². The minimum absolute atomic E-state index is 0.142. The molecule has 1 N–H and O–H groups in total. The number of halogens is 1. The topological polar surface area (TPSA) is 49.1 Å². The number of aliphatic hydroxyl groups is 1. The number of nitrogens with zero attached hydrogens (tertiary/aromatic N) is 2. The van der Waals surface area contributed by atoms with Crippen LogP contribution in [0.4, 0.5) is 4.39 Å². The van der Waals surface area contributed by atoms with Gasteiger partial charge >= 0.3 is 0 Å². The van der Waals surface area contributed by atoms with Gasteiger partial charge in [0.2, 0.25) is 0 Å². The number of ether oxygens (including phenoxy) is 1. The Morgan fingerprint density at radius 1 is 1.23 bits per heavy atom. The molecule has 1 saturated heterocycles. The lowest BCUT2D eigenvalue weighted by atomic mass is 10.1. The van der Waals surface area contributed by atoms with Crippen molar-refractivity contribution in [2.45, 2.75) is 32.5 Å². The van der Waals surface area contributed by atoms with Crippen LogP contribution in [0.3, 0.4) is 0 Å². The van der Waals surface area contributed by atoms with Gasteiger partial charge in [-0.3, -0.25) is 9.80 Å². The Morgan fingerprint density at radius 3 is 2.73 bits per heavy atom. The highest BCUT2D eigenvalue weighted by Crippen LogP contribution is 2.22. The van der Waals surface area contributed by atoms with Crippen molar-refractivity contribution in [1.82, 2.24) is 9.80 Å². The summed E-state index contributed by atoms with van der Waals surface area (Å²) in [7, 11) is 1.54. The Morgan fingerprint density at radius 2 is 2.08 bits per heavy atom. The molecule has 0 saturated carbocycles. The summed E-state index contributed by atoms with van der Waals surface area (Å²) in [5.41, 5.74) is 0.670. The van der Waals surface area contributed by atoms with Crippen LogP contribution in [0.15, 0.2) is 34.7 Å². The lowest BCUT2D eigenvalue weighted by molar-refractivity contribution is 0.0449. The van der Waals surface area contributed by atoms with Gasteiger partial charge in [0.1, 0.15) is 23.1 Å². The Balaban J connectivity index is 1.63. The molecule has 1 atom stereocenters. The second-order valence-electron chi connectivity index (χ2n) is 6.84. The van der Waals surface area contributed by atoms with Gasteiger partial charge in [0.05, 0.1) is 13.7 Å². The molecule has 1 aliphatic rings. The number of piperazine rings is 1. The molecule has 2 aromatic rings. The third-order valence-corrected chi connectivity index (χ3v) is 4.96. The Hall–Kier alpha value is -1.89. The fourth-order valence-electron chi connectivity index (χ4n) is 3.53. The van der Waals surface area contributed by atoms with Crippen LogP contribution in [0.2, 0.25) is 0 Å². The maximum absolute atomic E-state index is 14.2. The summed E-state index contributed by atoms with van der Waals surface area (Å²) in [6, 6.07) is 9.20. The van der Waals surface area contributed by atoms with Gasteiger partial charge < -0.3 is 14.3 Å². The van der Waals surface area contributed by atoms with Crippen molar-refractivity contribution in [3.05, 3.63) is 53.2 Å². The zero-order valence-corrected chi connectivity index (χ0v) is 15.4. The smallest absolute Gasteiger partial charge is 0.131 e. The molecular weight excluding hydrogens is 335 g/mol. The molecule has 5 nitrogen and oxygen atoms in total. The average molecular weight is 362 g/mol. The second-order valence-corrected chi connectivity index (χ2v) is 6.84. The van der Waals surface area contributed by atoms with Gasteiger partial charge in [-0.15, -0.1) is 0 Å². The number of rotatable bonds is 7. The summed E-state index contributed by atoms with van der Waals surface area (Å²) < 4.78 is 25.0. The summed E-state index contributed by atoms with van der Waals surface area (Å²) in [5.74, 6) is 2.15. The van der Waals surface area contributed by atoms with Crippen molar-refractivity contribution < 1.29 is 18.7 Å². The van der Waals surface area contributed by atoms with E-state index in [9.17, 15) is 9.50 Å². The lowest BCUT2D eigenvalue weighted by Gasteiger charge is -2.41. The molecule has 0 radical (unpaired) electrons. The number of aryl methyl sites for hydroxylation is 1. The standard InChI is InChI=1S/C20H27FN2O3/c1-15-3-5-19(26-15)14-23-9-8-22(13-17(23)7-10-24)12-16-4-6-18(25-2)11-20(16)21/h3-6,11,17,24H,7-10,12-14H2,1-2H3/t17-/m1/s1. The number of benzene rings is 1. The Labute approximate surface area is 154 Å². The van der Waals surface area contributed by atoms with Gasteiger partial charge in [0, 0.05) is 50.5 Å². The van der Waals surface area contributed by atoms with Crippen molar-refractivity contribution in [1.29, 1.82) is 0 Å². The maximum Gasteiger partial charge on any atom is 0.131 e. The predicted octanol–water partition coefficient (Wildman–Crippen LogP) is 2.80. The third-order valence-electron chi connectivity index (χ3n) is 4.96. The summed E-state index contributed by atoms with van der Waals surface area (Å²) in [6.45, 7) is 5.90. The van der Waals surface area contributed by atoms with Gasteiger partial charge in [-0.25, -0.2) is 4.39 Å². The molecule has 0 spiro atoms. The predicted molar refractivity (Wildman–Crippen MR) is 97.6 cm³/mol. The van der Waals surface area contributed by atoms with E-state index in [0.717, 1.165) is 37.7 Å². The quantitative estimate of drug-likeness (QED) is 0.821. The van der Waals surface area contributed by atoms with E-state index in [1.165, 1.54) is 13.2 Å². The fraction of sp³-hybridized carbons (Fsp3) is 0.500. The van der Waals surface area contributed by atoms with E-state index in [-0.39, 0.29) is 18.5 Å². The molecule has 1 aromatic heterocycles. The van der Waals surface area contributed by atoms with Crippen LogP contribution in [-0.4, -0.2) is 54.3 Å². The van der Waals surface area contributed by atoms with Crippen LogP contribution in [0, 0.1) is 12.7 Å². The number of aliphatic hydroxyl groups excluding tert-OH is 1. The van der Waals surface area contributed by atoms with Crippen LogP contribution < -0.4 is 4.74 Å². The fourth-order valence-corrected chi connectivity index (χ4v) is 3.53. The Bertz CT molecular complexity index is 719. The van der Waals surface area contributed by atoms with E-state index in [2.05, 4.69) is 9.80 Å². The minimum Gasteiger partial charge on any atom is -0.497 e. The van der Waals surface area contributed by atoms with Crippen molar-refractivity contribution in [3.8, 4) is 5.75 Å². The van der Waals surface area contributed by atoms with Crippen molar-refractivity contribution in [3.63, 3.8) is 0 Å². The highest BCUT2D eigenvalue weighted by molar-refractivity contribution is 5.28. The minimum atomic E-state index is -0.239. The molecule has 1 fully saturated rings. The molecule has 0 aliphatic carbocycles. The van der Waals surface area contributed by atoms with E-state index in [0.29, 0.717) is 24.3 Å². The number of hydrogen-bond donors (Lipinski definition) is 1. The van der Waals surface area contributed by atoms with Crippen LogP contribution in [0.1, 0.15) is 23.5 Å². The monoisotopic (exact) mass is 362 g/mol. The number of hydrogen-bond acceptors (Lipinski definition) is 5. The van der Waals surface area contributed by atoms with Crippen molar-refractivity contribution in [2.75, 3.05) is 33.4 Å². The first-order valence-corrected chi connectivity index (χ1v) is 9.04. The lowest BCUT2D eigenvalue weighted by Crippen LogP contribution is -2.52. The molecule has 26 heavy (non-hydrogen) atoms. The Kier molecular flexibility index (Phi) is 6.29. The zero-order chi connectivity index (χ0) is 18.5. The van der Waals surface area contributed by atoms with Crippen LogP contribution in [0.25, 0.3) is 0 Å². The molecule has 2 heterocycles. The van der Waals surface area contributed by atoms with Crippen molar-refractivity contribution in [2.24, 2.45) is 0 Å². The van der Waals surface area contributed by atoms with E-state index in [1.807, 2.05) is 19.1 Å². The summed E-state index contributed by atoms with van der Waals surface area (Å²) >= 11 is 0. The van der Waals surface area contributed by atoms with E-state index in [4.69, 9.17) is 9.15 Å². The highest BCUT2D eigenvalue weighted by atomic mass is 19.1. The maximum atomic E-state index is 14.2. The summed E-state index contributed by atoms with van der Waals surface area (Å²) in [6.07, 6.45) is 0.696. The summed E-state index contributed by atoms with van der Waals surface area (Å²) in [5, 5.41) is 9.44. The average Bonchev–Trinajstić information content (AvgIpc) is 3.04. The van der Waals surface area contributed by atoms with E-state index < -0.39 is 0 Å². The van der Waals surface area contributed by atoms with Gasteiger partial charge in [-0.1, -0.05) is 6.07 Å². The first-order valence-electron chi connectivity index (χ1n) is 9.04. The SMILES string of the molecule is COc1ccc(CN2CCN(Cc3ccc(C)o3)[C@H](CCO)C2)c(F)c1. The first-order chi connectivity index (χ1) is 12.6. The van der Waals surface area contributed by atoms with Crippen LogP contribution in [0.5, 0.6) is 5.75 Å².